The van der Waals surface area contributed by atoms with Gasteiger partial charge in [0.2, 0.25) is 11.8 Å². The predicted octanol–water partition coefficient (Wildman–Crippen LogP) is 3.40. The van der Waals surface area contributed by atoms with Gasteiger partial charge in [0.25, 0.3) is 0 Å². The first-order valence-corrected chi connectivity index (χ1v) is 12.3. The van der Waals surface area contributed by atoms with E-state index >= 15 is 0 Å². The minimum absolute atomic E-state index is 0.182. The standard InChI is InChI=1S/C24H30N2O4S/c1-25-21(27)18-19(22(25)28)24(23(29)30-2)13-6-14-26(24)20(18)15-9-11-17(12-10-15)31-16-7-4-3-5-8-16/h9-12,16,18-20H,3-8,13-14H2,1-2H3/t18?,19?,20?,24-/m0/s1. The highest BCUT2D eigenvalue weighted by atomic mass is 32.2. The van der Waals surface area contributed by atoms with Gasteiger partial charge < -0.3 is 4.74 Å². The number of methoxy groups -OCH3 is 1. The molecule has 0 N–H and O–H groups in total. The molecule has 0 radical (unpaired) electrons. The first-order valence-electron chi connectivity index (χ1n) is 11.4. The second-order valence-electron chi connectivity index (χ2n) is 9.34. The van der Waals surface area contributed by atoms with Crippen LogP contribution in [0.5, 0.6) is 0 Å². The van der Waals surface area contributed by atoms with Crippen LogP contribution in [0.25, 0.3) is 0 Å². The fourth-order valence-corrected chi connectivity index (χ4v) is 7.71. The minimum atomic E-state index is -1.03. The van der Waals surface area contributed by atoms with Crippen molar-refractivity contribution in [1.82, 2.24) is 9.80 Å². The molecule has 4 atom stereocenters. The van der Waals surface area contributed by atoms with E-state index in [4.69, 9.17) is 4.74 Å². The number of likely N-dealkylation sites (tertiary alicyclic amines) is 1. The summed E-state index contributed by atoms with van der Waals surface area (Å²) in [5.74, 6) is -2.02. The van der Waals surface area contributed by atoms with Crippen LogP contribution in [0.15, 0.2) is 29.2 Å². The zero-order valence-electron chi connectivity index (χ0n) is 18.2. The fraction of sp³-hybridized carbons (Fsp3) is 0.625. The van der Waals surface area contributed by atoms with Gasteiger partial charge in [-0.15, -0.1) is 11.8 Å². The van der Waals surface area contributed by atoms with Crippen LogP contribution in [-0.4, -0.2) is 59.1 Å². The van der Waals surface area contributed by atoms with Crippen LogP contribution < -0.4 is 0 Å². The van der Waals surface area contributed by atoms with E-state index in [1.54, 1.807) is 0 Å². The highest BCUT2D eigenvalue weighted by molar-refractivity contribution is 8.00. The van der Waals surface area contributed by atoms with Gasteiger partial charge in [-0.1, -0.05) is 31.4 Å². The average molecular weight is 443 g/mol. The Hall–Kier alpha value is -1.86. The number of rotatable bonds is 4. The van der Waals surface area contributed by atoms with Gasteiger partial charge in [0, 0.05) is 23.2 Å². The molecule has 1 saturated carbocycles. The second-order valence-corrected chi connectivity index (χ2v) is 10.7. The van der Waals surface area contributed by atoms with Gasteiger partial charge >= 0.3 is 5.97 Å². The lowest BCUT2D eigenvalue weighted by molar-refractivity contribution is -0.158. The maximum atomic E-state index is 13.1. The lowest BCUT2D eigenvalue weighted by Crippen LogP contribution is -2.54. The van der Waals surface area contributed by atoms with E-state index in [1.165, 1.54) is 56.1 Å². The number of carbonyl (C=O) groups excluding carboxylic acids is 3. The summed E-state index contributed by atoms with van der Waals surface area (Å²) in [5.41, 5.74) is -0.0241. The van der Waals surface area contributed by atoms with Crippen LogP contribution >= 0.6 is 11.8 Å². The summed E-state index contributed by atoms with van der Waals surface area (Å²) in [7, 11) is 2.91. The molecule has 0 bridgehead atoms. The Morgan fingerprint density at radius 1 is 1.06 bits per heavy atom. The van der Waals surface area contributed by atoms with E-state index in [2.05, 4.69) is 29.2 Å². The van der Waals surface area contributed by atoms with Crippen LogP contribution in [0.3, 0.4) is 0 Å². The summed E-state index contributed by atoms with van der Waals surface area (Å²) >= 11 is 1.95. The third-order valence-corrected chi connectivity index (χ3v) is 9.20. The molecule has 7 heteroatoms. The monoisotopic (exact) mass is 442 g/mol. The number of ether oxygens (including phenoxy) is 1. The summed E-state index contributed by atoms with van der Waals surface area (Å²) in [4.78, 5) is 43.8. The molecule has 4 fully saturated rings. The highest BCUT2D eigenvalue weighted by Crippen LogP contribution is 2.59. The first-order chi connectivity index (χ1) is 15.0. The van der Waals surface area contributed by atoms with Crippen LogP contribution in [0.2, 0.25) is 0 Å². The number of amides is 2. The predicted molar refractivity (Wildman–Crippen MR) is 117 cm³/mol. The molecule has 0 spiro atoms. The smallest absolute Gasteiger partial charge is 0.327 e. The van der Waals surface area contributed by atoms with Crippen LogP contribution in [0.1, 0.15) is 56.6 Å². The van der Waals surface area contributed by atoms with Crippen LogP contribution in [-0.2, 0) is 19.1 Å². The zero-order chi connectivity index (χ0) is 21.8. The van der Waals surface area contributed by atoms with E-state index in [0.717, 1.165) is 12.0 Å². The van der Waals surface area contributed by atoms with E-state index < -0.39 is 17.4 Å². The maximum Gasteiger partial charge on any atom is 0.327 e. The molecule has 3 saturated heterocycles. The molecule has 3 heterocycles. The second kappa shape index (κ2) is 7.93. The van der Waals surface area contributed by atoms with Crippen molar-refractivity contribution in [2.75, 3.05) is 20.7 Å². The quantitative estimate of drug-likeness (QED) is 0.526. The lowest BCUT2D eigenvalue weighted by atomic mass is 9.77. The molecule has 1 aliphatic carbocycles. The lowest BCUT2D eigenvalue weighted by Gasteiger charge is -2.35. The Labute approximate surface area is 187 Å². The molecular formula is C24H30N2O4S. The number of hydrogen-bond donors (Lipinski definition) is 0. The normalized spacial score (nSPS) is 33.6. The van der Waals surface area contributed by atoms with Crippen LogP contribution in [0, 0.1) is 11.8 Å². The van der Waals surface area contributed by atoms with E-state index in [-0.39, 0.29) is 23.8 Å². The van der Waals surface area contributed by atoms with Gasteiger partial charge in [0.1, 0.15) is 5.54 Å². The van der Waals surface area contributed by atoms with Crippen molar-refractivity contribution in [1.29, 1.82) is 0 Å². The van der Waals surface area contributed by atoms with Gasteiger partial charge in [-0.3, -0.25) is 24.2 Å². The van der Waals surface area contributed by atoms with E-state index in [0.29, 0.717) is 18.2 Å². The number of carbonyl (C=O) groups is 3. The van der Waals surface area contributed by atoms with Crippen LogP contribution in [0.4, 0.5) is 0 Å². The number of thioether (sulfide) groups is 1. The van der Waals surface area contributed by atoms with Gasteiger partial charge in [-0.05, 0) is 49.9 Å². The molecule has 2 amide bonds. The van der Waals surface area contributed by atoms with Gasteiger partial charge in [0.15, 0.2) is 0 Å². The largest absolute Gasteiger partial charge is 0.468 e. The third kappa shape index (κ3) is 3.07. The molecule has 166 valence electrons. The van der Waals surface area contributed by atoms with Gasteiger partial charge in [-0.25, -0.2) is 0 Å². The van der Waals surface area contributed by atoms with Crippen molar-refractivity contribution in [3.05, 3.63) is 29.8 Å². The fourth-order valence-electron chi connectivity index (χ4n) is 6.46. The molecule has 5 rings (SSSR count). The number of fused-ring (bicyclic) bond motifs is 3. The molecule has 6 nitrogen and oxygen atoms in total. The summed E-state index contributed by atoms with van der Waals surface area (Å²) in [6, 6.07) is 8.19. The van der Waals surface area contributed by atoms with Crippen molar-refractivity contribution < 1.29 is 19.1 Å². The Morgan fingerprint density at radius 2 is 1.77 bits per heavy atom. The van der Waals surface area contributed by atoms with Crippen molar-refractivity contribution in [2.45, 2.75) is 66.7 Å². The van der Waals surface area contributed by atoms with Gasteiger partial charge in [0.05, 0.1) is 18.9 Å². The Morgan fingerprint density at radius 3 is 2.45 bits per heavy atom. The Bertz CT molecular complexity index is 897. The summed E-state index contributed by atoms with van der Waals surface area (Å²) < 4.78 is 5.19. The van der Waals surface area contributed by atoms with Crippen molar-refractivity contribution in [3.8, 4) is 0 Å². The van der Waals surface area contributed by atoms with Crippen molar-refractivity contribution >= 4 is 29.5 Å². The summed E-state index contributed by atoms with van der Waals surface area (Å²) in [6.45, 7) is 0.690. The van der Waals surface area contributed by atoms with Crippen molar-refractivity contribution in [2.24, 2.45) is 11.8 Å². The van der Waals surface area contributed by atoms with Gasteiger partial charge in [-0.2, -0.15) is 0 Å². The molecule has 3 aliphatic heterocycles. The summed E-state index contributed by atoms with van der Waals surface area (Å²) in [5, 5.41) is 0.684. The zero-order valence-corrected chi connectivity index (χ0v) is 19.0. The molecule has 4 aliphatic rings. The van der Waals surface area contributed by atoms with E-state index in [9.17, 15) is 14.4 Å². The minimum Gasteiger partial charge on any atom is -0.468 e. The third-order valence-electron chi connectivity index (χ3n) is 7.85. The molecule has 0 aromatic heterocycles. The molecule has 1 aromatic rings. The average Bonchev–Trinajstić information content (AvgIpc) is 3.40. The molecule has 1 aromatic carbocycles. The topological polar surface area (TPSA) is 66.9 Å². The molecule has 31 heavy (non-hydrogen) atoms. The number of benzene rings is 1. The number of esters is 1. The number of hydrogen-bond acceptors (Lipinski definition) is 6. The molecule has 3 unspecified atom stereocenters. The molecular weight excluding hydrogens is 412 g/mol. The Kier molecular flexibility index (Phi) is 5.37. The first kappa shape index (κ1) is 21.0. The number of nitrogens with zero attached hydrogens (tertiary/aromatic N) is 2. The maximum absolute atomic E-state index is 13.1. The highest BCUT2D eigenvalue weighted by Gasteiger charge is 2.72. The number of imide groups is 1. The Balaban J connectivity index is 1.49. The summed E-state index contributed by atoms with van der Waals surface area (Å²) in [6.07, 6.45) is 7.90. The van der Waals surface area contributed by atoms with E-state index in [1.807, 2.05) is 11.8 Å². The SMILES string of the molecule is COC(=O)[C@@]12CCCN1C(c1ccc(SC3CCCCC3)cc1)C1C(=O)N(C)C(=O)C12. The van der Waals surface area contributed by atoms with Crippen molar-refractivity contribution in [3.63, 3.8) is 0 Å².